The van der Waals surface area contributed by atoms with Crippen LogP contribution in [0.1, 0.15) is 43.5 Å². The molecule has 1 atom stereocenters. The average Bonchev–Trinajstić information content (AvgIpc) is 3.38. The van der Waals surface area contributed by atoms with Gasteiger partial charge in [0.1, 0.15) is 5.82 Å². The number of primary amides is 1. The number of amides is 2. The van der Waals surface area contributed by atoms with Crippen molar-refractivity contribution in [3.8, 4) is 0 Å². The van der Waals surface area contributed by atoms with Crippen LogP contribution in [0.4, 0.5) is 5.69 Å². The molecule has 0 radical (unpaired) electrons. The summed E-state index contributed by atoms with van der Waals surface area (Å²) in [5.41, 5.74) is 6.91. The number of hydrogen-bond donors (Lipinski definition) is 2. The molecule has 0 saturated heterocycles. The number of carbonyl (C=O) groups excluding carboxylic acids is 2. The molecule has 0 bridgehead atoms. The molecule has 0 aliphatic heterocycles. The van der Waals surface area contributed by atoms with Crippen molar-refractivity contribution in [3.63, 3.8) is 0 Å². The first kappa shape index (κ1) is 19.7. The van der Waals surface area contributed by atoms with Crippen LogP contribution in [-0.4, -0.2) is 31.8 Å². The number of aryl methyl sites for hydroxylation is 1. The number of carbonyl (C=O) groups is 2. The molecule has 0 spiro atoms. The summed E-state index contributed by atoms with van der Waals surface area (Å²) in [5.74, 6) is 0.737. The molecular formula is C18H22ClN5O2S. The molecule has 1 aromatic heterocycles. The van der Waals surface area contributed by atoms with E-state index in [-0.39, 0.29) is 18.2 Å². The van der Waals surface area contributed by atoms with Gasteiger partial charge in [0.15, 0.2) is 5.16 Å². The molecule has 2 amide bonds. The van der Waals surface area contributed by atoms with Gasteiger partial charge in [0.2, 0.25) is 11.8 Å². The second-order valence-corrected chi connectivity index (χ2v) is 8.44. The topological polar surface area (TPSA) is 103 Å². The number of hydrogen-bond acceptors (Lipinski definition) is 5. The number of rotatable bonds is 8. The number of aromatic nitrogens is 3. The maximum absolute atomic E-state index is 12.6. The summed E-state index contributed by atoms with van der Waals surface area (Å²) in [6.07, 6.45) is 2.36. The molecule has 144 valence electrons. The largest absolute Gasteiger partial charge is 0.370 e. The van der Waals surface area contributed by atoms with Crippen molar-refractivity contribution in [1.82, 2.24) is 14.8 Å². The van der Waals surface area contributed by atoms with Gasteiger partial charge in [-0.2, -0.15) is 0 Å². The van der Waals surface area contributed by atoms with Gasteiger partial charge < -0.3 is 15.6 Å². The molecule has 3 N–H and O–H groups in total. The van der Waals surface area contributed by atoms with E-state index in [1.54, 1.807) is 12.1 Å². The Labute approximate surface area is 167 Å². The van der Waals surface area contributed by atoms with Crippen LogP contribution < -0.4 is 11.1 Å². The van der Waals surface area contributed by atoms with Crippen molar-refractivity contribution in [2.24, 2.45) is 5.73 Å². The molecule has 3 rings (SSSR count). The third-order valence-corrected chi connectivity index (χ3v) is 5.69. The summed E-state index contributed by atoms with van der Waals surface area (Å²) in [4.78, 5) is 23.8. The van der Waals surface area contributed by atoms with Crippen LogP contribution in [0.5, 0.6) is 0 Å². The lowest BCUT2D eigenvalue weighted by Gasteiger charge is -2.14. The predicted octanol–water partition coefficient (Wildman–Crippen LogP) is 3.11. The fraction of sp³-hybridized carbons (Fsp3) is 0.444. The van der Waals surface area contributed by atoms with Crippen molar-refractivity contribution < 1.29 is 9.59 Å². The van der Waals surface area contributed by atoms with Crippen molar-refractivity contribution in [2.75, 3.05) is 5.32 Å². The van der Waals surface area contributed by atoms with E-state index >= 15 is 0 Å². The monoisotopic (exact) mass is 407 g/mol. The molecule has 1 aliphatic carbocycles. The summed E-state index contributed by atoms with van der Waals surface area (Å²) < 4.78 is 1.92. The van der Waals surface area contributed by atoms with Gasteiger partial charge in [-0.15, -0.1) is 10.2 Å². The highest BCUT2D eigenvalue weighted by Crippen LogP contribution is 2.40. The van der Waals surface area contributed by atoms with Crippen molar-refractivity contribution in [2.45, 2.75) is 56.0 Å². The quantitative estimate of drug-likeness (QED) is 0.654. The molecule has 1 saturated carbocycles. The SMILES string of the molecule is Cc1ccc(Cl)cc1NC(=O)[C@H](C)Sc1nnc(C2CC2)n1CCC(N)=O. The third-order valence-electron chi connectivity index (χ3n) is 4.38. The fourth-order valence-corrected chi connectivity index (χ4v) is 3.69. The highest BCUT2D eigenvalue weighted by Gasteiger charge is 2.31. The Hall–Kier alpha value is -2.06. The van der Waals surface area contributed by atoms with Crippen LogP contribution in [0.3, 0.4) is 0 Å². The number of nitrogens with one attached hydrogen (secondary N) is 1. The summed E-state index contributed by atoms with van der Waals surface area (Å²) >= 11 is 7.33. The zero-order valence-corrected chi connectivity index (χ0v) is 16.8. The van der Waals surface area contributed by atoms with Crippen LogP contribution in [0.25, 0.3) is 0 Å². The molecule has 2 aromatic rings. The Bertz CT molecular complexity index is 865. The number of nitrogens with two attached hydrogens (primary N) is 1. The minimum absolute atomic E-state index is 0.150. The van der Waals surface area contributed by atoms with E-state index in [1.807, 2.05) is 24.5 Å². The number of thioether (sulfide) groups is 1. The Balaban J connectivity index is 1.71. The van der Waals surface area contributed by atoms with Gasteiger partial charge in [-0.1, -0.05) is 29.4 Å². The van der Waals surface area contributed by atoms with E-state index in [4.69, 9.17) is 17.3 Å². The first-order chi connectivity index (χ1) is 12.8. The molecule has 1 heterocycles. The van der Waals surface area contributed by atoms with Crippen LogP contribution >= 0.6 is 23.4 Å². The van der Waals surface area contributed by atoms with Gasteiger partial charge in [0, 0.05) is 29.6 Å². The summed E-state index contributed by atoms with van der Waals surface area (Å²) in [6.45, 7) is 4.15. The highest BCUT2D eigenvalue weighted by atomic mass is 35.5. The Morgan fingerprint density at radius 1 is 1.41 bits per heavy atom. The molecule has 1 aliphatic rings. The lowest BCUT2D eigenvalue weighted by Crippen LogP contribution is -2.23. The zero-order chi connectivity index (χ0) is 19.6. The first-order valence-corrected chi connectivity index (χ1v) is 10.1. The molecule has 1 fully saturated rings. The zero-order valence-electron chi connectivity index (χ0n) is 15.2. The maximum Gasteiger partial charge on any atom is 0.237 e. The molecule has 9 heteroatoms. The van der Waals surface area contributed by atoms with Gasteiger partial charge in [-0.3, -0.25) is 9.59 Å². The van der Waals surface area contributed by atoms with E-state index in [0.29, 0.717) is 28.3 Å². The summed E-state index contributed by atoms with van der Waals surface area (Å²) in [6, 6.07) is 5.37. The number of anilines is 1. The van der Waals surface area contributed by atoms with Gasteiger partial charge in [0.25, 0.3) is 0 Å². The smallest absolute Gasteiger partial charge is 0.237 e. The summed E-state index contributed by atoms with van der Waals surface area (Å²) in [5, 5.41) is 12.2. The minimum atomic E-state index is -0.396. The van der Waals surface area contributed by atoms with Gasteiger partial charge in [-0.25, -0.2) is 0 Å². The molecule has 27 heavy (non-hydrogen) atoms. The first-order valence-electron chi connectivity index (χ1n) is 8.80. The molecule has 7 nitrogen and oxygen atoms in total. The number of nitrogens with zero attached hydrogens (tertiary/aromatic N) is 3. The van der Waals surface area contributed by atoms with Gasteiger partial charge in [0.05, 0.1) is 5.25 Å². The lowest BCUT2D eigenvalue weighted by atomic mass is 10.2. The van der Waals surface area contributed by atoms with Crippen LogP contribution in [0, 0.1) is 6.92 Å². The fourth-order valence-electron chi connectivity index (χ4n) is 2.64. The van der Waals surface area contributed by atoms with Crippen LogP contribution in [-0.2, 0) is 16.1 Å². The van der Waals surface area contributed by atoms with E-state index in [1.165, 1.54) is 11.8 Å². The third kappa shape index (κ3) is 5.01. The van der Waals surface area contributed by atoms with E-state index in [0.717, 1.165) is 24.2 Å². The van der Waals surface area contributed by atoms with E-state index < -0.39 is 5.25 Å². The Kier molecular flexibility index (Phi) is 6.06. The highest BCUT2D eigenvalue weighted by molar-refractivity contribution is 8.00. The number of halogens is 1. The second-order valence-electron chi connectivity index (χ2n) is 6.69. The second kappa shape index (κ2) is 8.31. The minimum Gasteiger partial charge on any atom is -0.370 e. The van der Waals surface area contributed by atoms with Crippen molar-refractivity contribution in [3.05, 3.63) is 34.6 Å². The molecular weight excluding hydrogens is 386 g/mol. The normalized spacial score (nSPS) is 14.8. The van der Waals surface area contributed by atoms with E-state index in [9.17, 15) is 9.59 Å². The van der Waals surface area contributed by atoms with Crippen LogP contribution in [0.15, 0.2) is 23.4 Å². The Morgan fingerprint density at radius 3 is 2.81 bits per heavy atom. The average molecular weight is 408 g/mol. The Morgan fingerprint density at radius 2 is 2.15 bits per heavy atom. The van der Waals surface area contributed by atoms with Gasteiger partial charge >= 0.3 is 0 Å². The molecule has 0 unspecified atom stereocenters. The van der Waals surface area contributed by atoms with E-state index in [2.05, 4.69) is 15.5 Å². The van der Waals surface area contributed by atoms with Crippen LogP contribution in [0.2, 0.25) is 5.02 Å². The maximum atomic E-state index is 12.6. The van der Waals surface area contributed by atoms with Crippen molar-refractivity contribution >= 4 is 40.9 Å². The standard InChI is InChI=1S/C18H22ClN5O2S/c1-10-3-6-13(19)9-14(10)21-17(26)11(2)27-18-23-22-16(12-4-5-12)24(18)8-7-15(20)25/h3,6,9,11-12H,4-5,7-8H2,1-2H3,(H2,20,25)(H,21,26)/t11-/m0/s1. The van der Waals surface area contributed by atoms with Gasteiger partial charge in [-0.05, 0) is 44.4 Å². The lowest BCUT2D eigenvalue weighted by molar-refractivity contribution is -0.118. The summed E-state index contributed by atoms with van der Waals surface area (Å²) in [7, 11) is 0. The number of benzene rings is 1. The molecule has 1 aromatic carbocycles. The van der Waals surface area contributed by atoms with Crippen molar-refractivity contribution in [1.29, 1.82) is 0 Å². The predicted molar refractivity (Wildman–Crippen MR) is 106 cm³/mol.